The first-order valence-electron chi connectivity index (χ1n) is 11.0. The standard InChI is InChI=1S/C28H28O3S/c1-3-5-21-7-9-23(10-8-21)13-20-27(29)32-26-18-16-25(17-19-26)31-28(30)24-14-11-22(6-4-2)12-15-24/h7-20H,3-6H2,1-2H3. The highest BCUT2D eigenvalue weighted by molar-refractivity contribution is 8.14. The molecule has 0 unspecified atom stereocenters. The number of rotatable bonds is 9. The summed E-state index contributed by atoms with van der Waals surface area (Å²) in [4.78, 5) is 25.4. The van der Waals surface area contributed by atoms with Crippen molar-refractivity contribution in [3.05, 3.63) is 101 Å². The van der Waals surface area contributed by atoms with Crippen molar-refractivity contribution in [3.8, 4) is 5.75 Å². The summed E-state index contributed by atoms with van der Waals surface area (Å²) in [5.41, 5.74) is 4.03. The average molecular weight is 445 g/mol. The molecule has 0 aliphatic heterocycles. The van der Waals surface area contributed by atoms with Gasteiger partial charge in [0.2, 0.25) is 5.12 Å². The minimum Gasteiger partial charge on any atom is -0.423 e. The SMILES string of the molecule is CCCc1ccc(C=CC(=O)Sc2ccc(OC(=O)c3ccc(CCC)cc3)cc2)cc1. The van der Waals surface area contributed by atoms with Crippen molar-refractivity contribution in [2.24, 2.45) is 0 Å². The number of carbonyl (C=O) groups excluding carboxylic acids is 2. The number of hydrogen-bond acceptors (Lipinski definition) is 4. The quantitative estimate of drug-likeness (QED) is 0.152. The molecule has 4 heteroatoms. The summed E-state index contributed by atoms with van der Waals surface area (Å²) in [7, 11) is 0. The van der Waals surface area contributed by atoms with Gasteiger partial charge >= 0.3 is 5.97 Å². The van der Waals surface area contributed by atoms with Gasteiger partial charge in [0.15, 0.2) is 0 Å². The maximum atomic E-state index is 12.3. The van der Waals surface area contributed by atoms with Crippen LogP contribution in [0.15, 0.2) is 83.8 Å². The summed E-state index contributed by atoms with van der Waals surface area (Å²) in [5.74, 6) is 0.0598. The second kappa shape index (κ2) is 12.1. The van der Waals surface area contributed by atoms with Crippen molar-refractivity contribution >= 4 is 28.9 Å². The molecule has 0 amide bonds. The second-order valence-electron chi connectivity index (χ2n) is 7.55. The molecular formula is C28H28O3S. The molecule has 0 saturated carbocycles. The summed E-state index contributed by atoms with van der Waals surface area (Å²) in [6.07, 6.45) is 7.65. The molecule has 0 N–H and O–H groups in total. The van der Waals surface area contributed by atoms with Crippen molar-refractivity contribution in [2.45, 2.75) is 44.4 Å². The van der Waals surface area contributed by atoms with Crippen molar-refractivity contribution in [1.82, 2.24) is 0 Å². The van der Waals surface area contributed by atoms with Gasteiger partial charge in [0.05, 0.1) is 5.56 Å². The van der Waals surface area contributed by atoms with Crippen LogP contribution in [0, 0.1) is 0 Å². The van der Waals surface area contributed by atoms with Gasteiger partial charge in [-0.2, -0.15) is 0 Å². The van der Waals surface area contributed by atoms with Gasteiger partial charge in [0.1, 0.15) is 5.75 Å². The molecule has 0 aromatic heterocycles. The van der Waals surface area contributed by atoms with E-state index in [2.05, 4.69) is 26.0 Å². The predicted molar refractivity (Wildman–Crippen MR) is 132 cm³/mol. The summed E-state index contributed by atoms with van der Waals surface area (Å²) in [5, 5.41) is -0.0560. The van der Waals surface area contributed by atoms with E-state index in [-0.39, 0.29) is 5.12 Å². The van der Waals surface area contributed by atoms with Crippen LogP contribution < -0.4 is 4.74 Å². The molecule has 3 nitrogen and oxygen atoms in total. The lowest BCUT2D eigenvalue weighted by Gasteiger charge is -2.06. The molecule has 0 heterocycles. The monoisotopic (exact) mass is 444 g/mol. The molecule has 0 aliphatic rings. The molecule has 0 fully saturated rings. The van der Waals surface area contributed by atoms with Crippen LogP contribution in [0.3, 0.4) is 0 Å². The molecule has 164 valence electrons. The van der Waals surface area contributed by atoms with Gasteiger partial charge in [-0.25, -0.2) is 4.79 Å². The van der Waals surface area contributed by atoms with Crippen LogP contribution in [0.1, 0.15) is 53.7 Å². The molecule has 0 radical (unpaired) electrons. The summed E-state index contributed by atoms with van der Waals surface area (Å²) in [6.45, 7) is 4.28. The number of hydrogen-bond donors (Lipinski definition) is 0. The predicted octanol–water partition coefficient (Wildman–Crippen LogP) is 7.14. The van der Waals surface area contributed by atoms with Gasteiger partial charge in [0, 0.05) is 4.90 Å². The Balaban J connectivity index is 1.52. The van der Waals surface area contributed by atoms with E-state index in [9.17, 15) is 9.59 Å². The lowest BCUT2D eigenvalue weighted by molar-refractivity contribution is -0.107. The Morgan fingerprint density at radius 1 is 0.781 bits per heavy atom. The van der Waals surface area contributed by atoms with Crippen molar-refractivity contribution in [2.75, 3.05) is 0 Å². The van der Waals surface area contributed by atoms with E-state index in [0.29, 0.717) is 11.3 Å². The van der Waals surface area contributed by atoms with Gasteiger partial charge in [-0.1, -0.05) is 69.2 Å². The van der Waals surface area contributed by atoms with E-state index in [0.717, 1.165) is 47.9 Å². The van der Waals surface area contributed by atoms with Gasteiger partial charge < -0.3 is 4.74 Å². The van der Waals surface area contributed by atoms with Crippen molar-refractivity contribution < 1.29 is 14.3 Å². The van der Waals surface area contributed by atoms with E-state index in [1.165, 1.54) is 11.1 Å². The third-order valence-corrected chi connectivity index (χ3v) is 5.76. The Morgan fingerprint density at radius 3 is 1.91 bits per heavy atom. The maximum Gasteiger partial charge on any atom is 0.343 e. The van der Waals surface area contributed by atoms with Gasteiger partial charge in [-0.3, -0.25) is 4.79 Å². The molecule has 0 spiro atoms. The Morgan fingerprint density at radius 2 is 1.34 bits per heavy atom. The van der Waals surface area contributed by atoms with Crippen molar-refractivity contribution in [3.63, 3.8) is 0 Å². The highest BCUT2D eigenvalue weighted by atomic mass is 32.2. The minimum absolute atomic E-state index is 0.0560. The third-order valence-electron chi connectivity index (χ3n) is 4.91. The molecule has 3 aromatic carbocycles. The lowest BCUT2D eigenvalue weighted by Crippen LogP contribution is -2.08. The van der Waals surface area contributed by atoms with E-state index >= 15 is 0 Å². The van der Waals surface area contributed by atoms with Gasteiger partial charge in [0.25, 0.3) is 0 Å². The average Bonchev–Trinajstić information content (AvgIpc) is 2.81. The van der Waals surface area contributed by atoms with Crippen LogP contribution in [-0.2, 0) is 17.6 Å². The zero-order valence-corrected chi connectivity index (χ0v) is 19.4. The Kier molecular flexibility index (Phi) is 8.88. The van der Waals surface area contributed by atoms with Crippen LogP contribution in [0.4, 0.5) is 0 Å². The molecule has 0 aliphatic carbocycles. The first-order chi connectivity index (χ1) is 15.6. The maximum absolute atomic E-state index is 12.3. The topological polar surface area (TPSA) is 43.4 Å². The van der Waals surface area contributed by atoms with E-state index < -0.39 is 5.97 Å². The fraction of sp³-hybridized carbons (Fsp3) is 0.214. The Labute approximate surface area is 194 Å². The van der Waals surface area contributed by atoms with E-state index in [1.54, 1.807) is 42.5 Å². The number of esters is 1. The fourth-order valence-electron chi connectivity index (χ4n) is 3.24. The minimum atomic E-state index is -0.391. The fourth-order valence-corrected chi connectivity index (χ4v) is 3.88. The first-order valence-corrected chi connectivity index (χ1v) is 11.8. The summed E-state index contributed by atoms with van der Waals surface area (Å²) in [6, 6.07) is 22.7. The zero-order valence-electron chi connectivity index (χ0n) is 18.5. The molecular weight excluding hydrogens is 416 g/mol. The van der Waals surface area contributed by atoms with Crippen LogP contribution in [0.2, 0.25) is 0 Å². The first kappa shape index (κ1) is 23.6. The second-order valence-corrected chi connectivity index (χ2v) is 8.63. The zero-order chi connectivity index (χ0) is 22.8. The highest BCUT2D eigenvalue weighted by Crippen LogP contribution is 2.23. The van der Waals surface area contributed by atoms with Crippen LogP contribution in [-0.4, -0.2) is 11.1 Å². The summed E-state index contributed by atoms with van der Waals surface area (Å²) >= 11 is 1.14. The van der Waals surface area contributed by atoms with E-state index in [1.807, 2.05) is 30.3 Å². The van der Waals surface area contributed by atoms with Crippen LogP contribution in [0.5, 0.6) is 5.75 Å². The molecule has 3 rings (SSSR count). The van der Waals surface area contributed by atoms with E-state index in [4.69, 9.17) is 4.74 Å². The van der Waals surface area contributed by atoms with Crippen LogP contribution >= 0.6 is 11.8 Å². The number of thioether (sulfide) groups is 1. The summed E-state index contributed by atoms with van der Waals surface area (Å²) < 4.78 is 5.45. The number of ether oxygens (including phenoxy) is 1. The Hall–Kier alpha value is -3.11. The van der Waals surface area contributed by atoms with Gasteiger partial charge in [-0.05, 0) is 83.8 Å². The number of carbonyl (C=O) groups is 2. The van der Waals surface area contributed by atoms with Crippen molar-refractivity contribution in [1.29, 1.82) is 0 Å². The molecule has 3 aromatic rings. The third kappa shape index (κ3) is 7.24. The van der Waals surface area contributed by atoms with Gasteiger partial charge in [-0.15, -0.1) is 0 Å². The number of aryl methyl sites for hydroxylation is 2. The highest BCUT2D eigenvalue weighted by Gasteiger charge is 2.09. The smallest absolute Gasteiger partial charge is 0.343 e. The molecule has 0 saturated heterocycles. The number of benzene rings is 3. The lowest BCUT2D eigenvalue weighted by atomic mass is 10.1. The largest absolute Gasteiger partial charge is 0.423 e. The van der Waals surface area contributed by atoms with Crippen LogP contribution in [0.25, 0.3) is 6.08 Å². The normalized spacial score (nSPS) is 10.9. The Bertz CT molecular complexity index is 1050. The molecule has 0 atom stereocenters. The molecule has 0 bridgehead atoms. The molecule has 32 heavy (non-hydrogen) atoms.